The number of rotatable bonds is 5. The Morgan fingerprint density at radius 3 is 2.81 bits per heavy atom. The molecule has 0 unspecified atom stereocenters. The molecule has 1 aliphatic heterocycles. The standard InChI is InChI=1S/C18H15FN4O4/c19-14-4-2-13(3-5-14)16-6-1-12(7-20-16)10-26-15-8-22-9-17(23(24)25)21-18(22)27-11-15/h1-7,9,15H,8,10-11H2/t15-/m1/s1. The number of hydrogen-bond donors (Lipinski definition) is 0. The van der Waals surface area contributed by atoms with Crippen LogP contribution in [0.4, 0.5) is 10.2 Å². The van der Waals surface area contributed by atoms with Crippen molar-refractivity contribution in [1.29, 1.82) is 0 Å². The normalized spacial score (nSPS) is 15.8. The van der Waals surface area contributed by atoms with Crippen molar-refractivity contribution < 1.29 is 18.8 Å². The Kier molecular flexibility index (Phi) is 4.51. The fraction of sp³-hybridized carbons (Fsp3) is 0.222. The quantitative estimate of drug-likeness (QED) is 0.506. The second-order valence-electron chi connectivity index (χ2n) is 6.09. The average Bonchev–Trinajstić information content (AvgIpc) is 3.11. The molecule has 138 valence electrons. The number of fused-ring (bicyclic) bond motifs is 1. The number of nitro groups is 1. The highest BCUT2D eigenvalue weighted by atomic mass is 19.1. The van der Waals surface area contributed by atoms with Crippen LogP contribution in [0, 0.1) is 15.9 Å². The lowest BCUT2D eigenvalue weighted by Crippen LogP contribution is -2.32. The first-order valence-electron chi connectivity index (χ1n) is 8.25. The minimum atomic E-state index is -0.557. The van der Waals surface area contributed by atoms with E-state index in [1.165, 1.54) is 18.3 Å². The molecular weight excluding hydrogens is 355 g/mol. The first kappa shape index (κ1) is 17.1. The van der Waals surface area contributed by atoms with Crippen molar-refractivity contribution in [2.45, 2.75) is 19.3 Å². The topological polar surface area (TPSA) is 92.3 Å². The van der Waals surface area contributed by atoms with Gasteiger partial charge in [-0.2, -0.15) is 0 Å². The van der Waals surface area contributed by atoms with Gasteiger partial charge in [0.1, 0.15) is 24.7 Å². The van der Waals surface area contributed by atoms with Gasteiger partial charge in [-0.15, -0.1) is 0 Å². The van der Waals surface area contributed by atoms with Gasteiger partial charge in [0.2, 0.25) is 0 Å². The van der Waals surface area contributed by atoms with Crippen molar-refractivity contribution in [3.8, 4) is 17.3 Å². The molecule has 0 fully saturated rings. The maximum atomic E-state index is 13.0. The molecule has 4 rings (SSSR count). The van der Waals surface area contributed by atoms with Gasteiger partial charge in [-0.25, -0.2) is 4.39 Å². The molecule has 1 aromatic carbocycles. The summed E-state index contributed by atoms with van der Waals surface area (Å²) in [6, 6.07) is 10.1. The van der Waals surface area contributed by atoms with Gasteiger partial charge in [-0.3, -0.25) is 9.55 Å². The molecule has 9 heteroatoms. The highest BCUT2D eigenvalue weighted by Gasteiger charge is 2.28. The molecule has 1 atom stereocenters. The number of imidazole rings is 1. The third-order valence-electron chi connectivity index (χ3n) is 4.16. The summed E-state index contributed by atoms with van der Waals surface area (Å²) in [6.07, 6.45) is 2.79. The molecule has 27 heavy (non-hydrogen) atoms. The van der Waals surface area contributed by atoms with Gasteiger partial charge in [0.25, 0.3) is 0 Å². The number of hydrogen-bond acceptors (Lipinski definition) is 6. The van der Waals surface area contributed by atoms with Crippen molar-refractivity contribution in [2.75, 3.05) is 6.61 Å². The van der Waals surface area contributed by atoms with Gasteiger partial charge in [0, 0.05) is 16.7 Å². The van der Waals surface area contributed by atoms with E-state index in [9.17, 15) is 14.5 Å². The Labute approximate surface area is 153 Å². The van der Waals surface area contributed by atoms with E-state index in [-0.39, 0.29) is 30.4 Å². The zero-order valence-corrected chi connectivity index (χ0v) is 14.1. The van der Waals surface area contributed by atoms with E-state index >= 15 is 0 Å². The third kappa shape index (κ3) is 3.77. The zero-order chi connectivity index (χ0) is 18.8. The van der Waals surface area contributed by atoms with Gasteiger partial charge in [-0.05, 0) is 40.8 Å². The van der Waals surface area contributed by atoms with Crippen LogP contribution >= 0.6 is 0 Å². The fourth-order valence-electron chi connectivity index (χ4n) is 2.78. The SMILES string of the molecule is O=[N+]([O-])c1cn2c(n1)OC[C@H](OCc1ccc(-c3ccc(F)cc3)nc1)C2. The van der Waals surface area contributed by atoms with Crippen molar-refractivity contribution in [2.24, 2.45) is 0 Å². The minimum Gasteiger partial charge on any atom is -0.443 e. The summed E-state index contributed by atoms with van der Waals surface area (Å²) in [5.74, 6) is -0.531. The molecule has 0 aliphatic carbocycles. The molecule has 3 heterocycles. The Morgan fingerprint density at radius 1 is 1.30 bits per heavy atom. The maximum absolute atomic E-state index is 13.0. The molecule has 2 aromatic heterocycles. The summed E-state index contributed by atoms with van der Waals surface area (Å²) in [5.41, 5.74) is 2.46. The van der Waals surface area contributed by atoms with E-state index in [0.29, 0.717) is 13.2 Å². The highest BCUT2D eigenvalue weighted by molar-refractivity contribution is 5.58. The molecule has 0 spiro atoms. The first-order chi connectivity index (χ1) is 13.1. The van der Waals surface area contributed by atoms with E-state index in [0.717, 1.165) is 16.8 Å². The zero-order valence-electron chi connectivity index (χ0n) is 14.1. The molecule has 0 bridgehead atoms. The maximum Gasteiger partial charge on any atom is 0.414 e. The van der Waals surface area contributed by atoms with Crippen LogP contribution in [-0.2, 0) is 17.9 Å². The van der Waals surface area contributed by atoms with Crippen LogP contribution in [-0.4, -0.2) is 32.2 Å². The second kappa shape index (κ2) is 7.12. The summed E-state index contributed by atoms with van der Waals surface area (Å²) in [6.45, 7) is 1.03. The third-order valence-corrected chi connectivity index (χ3v) is 4.16. The van der Waals surface area contributed by atoms with Crippen LogP contribution in [0.2, 0.25) is 0 Å². The van der Waals surface area contributed by atoms with Gasteiger partial charge >= 0.3 is 11.8 Å². The summed E-state index contributed by atoms with van der Waals surface area (Å²) < 4.78 is 25.8. The molecule has 0 amide bonds. The number of ether oxygens (including phenoxy) is 2. The lowest BCUT2D eigenvalue weighted by molar-refractivity contribution is -0.389. The number of benzene rings is 1. The number of pyridine rings is 1. The largest absolute Gasteiger partial charge is 0.443 e. The Bertz CT molecular complexity index is 956. The Morgan fingerprint density at radius 2 is 2.11 bits per heavy atom. The molecule has 0 saturated carbocycles. The van der Waals surface area contributed by atoms with Crippen molar-refractivity contribution in [3.63, 3.8) is 0 Å². The average molecular weight is 370 g/mol. The summed E-state index contributed by atoms with van der Waals surface area (Å²) in [7, 11) is 0. The van der Waals surface area contributed by atoms with Crippen LogP contribution < -0.4 is 4.74 Å². The van der Waals surface area contributed by atoms with Crippen LogP contribution in [0.25, 0.3) is 11.3 Å². The van der Waals surface area contributed by atoms with E-state index in [4.69, 9.17) is 9.47 Å². The predicted molar refractivity (Wildman–Crippen MR) is 92.6 cm³/mol. The van der Waals surface area contributed by atoms with Crippen molar-refractivity contribution in [1.82, 2.24) is 14.5 Å². The van der Waals surface area contributed by atoms with E-state index in [2.05, 4.69) is 9.97 Å². The lowest BCUT2D eigenvalue weighted by atomic mass is 10.1. The van der Waals surface area contributed by atoms with Crippen molar-refractivity contribution >= 4 is 5.82 Å². The highest BCUT2D eigenvalue weighted by Crippen LogP contribution is 2.23. The number of aromatic nitrogens is 3. The molecule has 0 saturated heterocycles. The minimum absolute atomic E-state index is 0.229. The van der Waals surface area contributed by atoms with E-state index < -0.39 is 4.92 Å². The van der Waals surface area contributed by atoms with Crippen LogP contribution in [0.5, 0.6) is 6.01 Å². The molecular formula is C18H15FN4O4. The number of halogens is 1. The van der Waals surface area contributed by atoms with Crippen LogP contribution in [0.15, 0.2) is 48.8 Å². The molecule has 3 aromatic rings. The van der Waals surface area contributed by atoms with Gasteiger partial charge < -0.3 is 19.6 Å². The molecule has 0 radical (unpaired) electrons. The summed E-state index contributed by atoms with van der Waals surface area (Å²) >= 11 is 0. The van der Waals surface area contributed by atoms with Crippen molar-refractivity contribution in [3.05, 3.63) is 70.3 Å². The van der Waals surface area contributed by atoms with Gasteiger partial charge in [0.15, 0.2) is 0 Å². The Hall–Kier alpha value is -3.33. The first-order valence-corrected chi connectivity index (χ1v) is 8.25. The smallest absolute Gasteiger partial charge is 0.414 e. The van der Waals surface area contributed by atoms with Gasteiger partial charge in [0.05, 0.1) is 18.8 Å². The predicted octanol–water partition coefficient (Wildman–Crippen LogP) is 2.97. The van der Waals surface area contributed by atoms with Gasteiger partial charge in [-0.1, -0.05) is 6.07 Å². The summed E-state index contributed by atoms with van der Waals surface area (Å²) in [4.78, 5) is 18.4. The fourth-order valence-corrected chi connectivity index (χ4v) is 2.78. The molecule has 1 aliphatic rings. The summed E-state index contributed by atoms with van der Waals surface area (Å²) in [5, 5.41) is 10.8. The number of nitrogens with zero attached hydrogens (tertiary/aromatic N) is 4. The molecule has 0 N–H and O–H groups in total. The monoisotopic (exact) mass is 370 g/mol. The molecule has 8 nitrogen and oxygen atoms in total. The van der Waals surface area contributed by atoms with Crippen LogP contribution in [0.3, 0.4) is 0 Å². The lowest BCUT2D eigenvalue weighted by Gasteiger charge is -2.22. The Balaban J connectivity index is 1.36. The second-order valence-corrected chi connectivity index (χ2v) is 6.09. The van der Waals surface area contributed by atoms with E-state index in [1.54, 1.807) is 22.9 Å². The van der Waals surface area contributed by atoms with Crippen LogP contribution in [0.1, 0.15) is 5.56 Å². The van der Waals surface area contributed by atoms with E-state index in [1.807, 2.05) is 12.1 Å².